The SMILES string of the molecule is [B]c1ccc(OCC2CC2(F)F)cc1F. The highest BCUT2D eigenvalue weighted by atomic mass is 19.3. The van der Waals surface area contributed by atoms with Crippen molar-refractivity contribution in [2.45, 2.75) is 12.3 Å². The quantitative estimate of drug-likeness (QED) is 0.692. The fraction of sp³-hybridized carbons (Fsp3) is 0.400. The Bertz CT molecular complexity index is 381. The van der Waals surface area contributed by atoms with Crippen LogP contribution in [0.1, 0.15) is 6.42 Å². The van der Waals surface area contributed by atoms with E-state index in [1.54, 1.807) is 0 Å². The van der Waals surface area contributed by atoms with Gasteiger partial charge < -0.3 is 4.74 Å². The molecule has 1 aromatic carbocycles. The van der Waals surface area contributed by atoms with E-state index in [1.165, 1.54) is 12.1 Å². The lowest BCUT2D eigenvalue weighted by Crippen LogP contribution is -2.10. The molecule has 1 fully saturated rings. The summed E-state index contributed by atoms with van der Waals surface area (Å²) in [5.74, 6) is -3.72. The van der Waals surface area contributed by atoms with E-state index in [1.807, 2.05) is 0 Å². The van der Waals surface area contributed by atoms with Crippen molar-refractivity contribution in [2.24, 2.45) is 5.92 Å². The summed E-state index contributed by atoms with van der Waals surface area (Å²) >= 11 is 0. The molecule has 1 saturated carbocycles. The van der Waals surface area contributed by atoms with Crippen LogP contribution in [0.15, 0.2) is 18.2 Å². The molecule has 0 N–H and O–H groups in total. The van der Waals surface area contributed by atoms with Gasteiger partial charge in [0.15, 0.2) is 0 Å². The van der Waals surface area contributed by atoms with Crippen LogP contribution in [0.5, 0.6) is 5.75 Å². The number of ether oxygens (including phenoxy) is 1. The van der Waals surface area contributed by atoms with Crippen LogP contribution in [-0.4, -0.2) is 20.4 Å². The molecular weight excluding hydrogens is 204 g/mol. The van der Waals surface area contributed by atoms with Crippen LogP contribution < -0.4 is 10.2 Å². The molecule has 0 bridgehead atoms. The standard InChI is InChI=1S/C10H8BF3O/c11-8-2-1-7(3-9(8)12)15-5-6-4-10(6,13)14/h1-3,6H,4-5H2. The molecule has 15 heavy (non-hydrogen) atoms. The first-order valence-corrected chi connectivity index (χ1v) is 4.55. The van der Waals surface area contributed by atoms with E-state index < -0.39 is 17.7 Å². The van der Waals surface area contributed by atoms with Gasteiger partial charge in [0, 0.05) is 12.5 Å². The van der Waals surface area contributed by atoms with E-state index >= 15 is 0 Å². The Kier molecular flexibility index (Phi) is 2.40. The Morgan fingerprint density at radius 3 is 2.67 bits per heavy atom. The molecule has 1 aliphatic rings. The van der Waals surface area contributed by atoms with Gasteiger partial charge in [0.25, 0.3) is 5.92 Å². The first-order chi connectivity index (χ1) is 6.99. The maximum atomic E-state index is 12.9. The summed E-state index contributed by atoms with van der Waals surface area (Å²) in [5.41, 5.74) is 0.0131. The number of halogens is 3. The van der Waals surface area contributed by atoms with E-state index in [0.29, 0.717) is 0 Å². The number of alkyl halides is 2. The van der Waals surface area contributed by atoms with Gasteiger partial charge in [0.05, 0.1) is 12.5 Å². The van der Waals surface area contributed by atoms with Gasteiger partial charge in [-0.1, -0.05) is 11.5 Å². The van der Waals surface area contributed by atoms with E-state index in [-0.39, 0.29) is 24.2 Å². The highest BCUT2D eigenvalue weighted by Gasteiger charge is 2.57. The molecular formula is C10H8BF3O. The predicted molar refractivity (Wildman–Crippen MR) is 50.3 cm³/mol. The summed E-state index contributed by atoms with van der Waals surface area (Å²) in [7, 11) is 5.25. The molecule has 0 heterocycles. The maximum absolute atomic E-state index is 12.9. The zero-order chi connectivity index (χ0) is 11.1. The lowest BCUT2D eigenvalue weighted by Gasteiger charge is -2.06. The summed E-state index contributed by atoms with van der Waals surface area (Å²) in [4.78, 5) is 0. The van der Waals surface area contributed by atoms with Crippen LogP contribution in [0.4, 0.5) is 13.2 Å². The molecule has 1 nitrogen and oxygen atoms in total. The molecule has 2 rings (SSSR count). The molecule has 2 radical (unpaired) electrons. The number of hydrogen-bond donors (Lipinski definition) is 0. The van der Waals surface area contributed by atoms with Crippen LogP contribution in [0, 0.1) is 11.7 Å². The zero-order valence-electron chi connectivity index (χ0n) is 7.84. The van der Waals surface area contributed by atoms with Gasteiger partial charge in [-0.2, -0.15) is 0 Å². The molecule has 78 valence electrons. The van der Waals surface area contributed by atoms with Crippen LogP contribution in [-0.2, 0) is 0 Å². The van der Waals surface area contributed by atoms with Gasteiger partial charge in [-0.25, -0.2) is 13.2 Å². The van der Waals surface area contributed by atoms with Crippen molar-refractivity contribution >= 4 is 13.3 Å². The molecule has 1 unspecified atom stereocenters. The summed E-state index contributed by atoms with van der Waals surface area (Å²) in [6.45, 7) is -0.0869. The lowest BCUT2D eigenvalue weighted by molar-refractivity contribution is 0.0856. The highest BCUT2D eigenvalue weighted by Crippen LogP contribution is 2.48. The zero-order valence-corrected chi connectivity index (χ0v) is 7.84. The third-order valence-electron chi connectivity index (χ3n) is 2.38. The monoisotopic (exact) mass is 212 g/mol. The summed E-state index contributed by atoms with van der Waals surface area (Å²) < 4.78 is 42.9. The second-order valence-corrected chi connectivity index (χ2v) is 3.66. The van der Waals surface area contributed by atoms with Crippen molar-refractivity contribution in [3.8, 4) is 5.75 Å². The molecule has 1 aromatic rings. The average Bonchev–Trinajstić information content (AvgIpc) is 2.77. The summed E-state index contributed by atoms with van der Waals surface area (Å²) in [6, 6.07) is 3.89. The lowest BCUT2D eigenvalue weighted by atomic mass is 9.96. The topological polar surface area (TPSA) is 9.23 Å². The molecule has 1 aliphatic carbocycles. The molecule has 0 aromatic heterocycles. The summed E-state index contributed by atoms with van der Waals surface area (Å²) in [6.07, 6.45) is -0.148. The molecule has 0 spiro atoms. The second-order valence-electron chi connectivity index (χ2n) is 3.66. The van der Waals surface area contributed by atoms with Crippen LogP contribution in [0.25, 0.3) is 0 Å². The van der Waals surface area contributed by atoms with Crippen molar-refractivity contribution in [1.29, 1.82) is 0 Å². The third-order valence-corrected chi connectivity index (χ3v) is 2.38. The summed E-state index contributed by atoms with van der Waals surface area (Å²) in [5, 5.41) is 0. The highest BCUT2D eigenvalue weighted by molar-refractivity contribution is 6.32. The van der Waals surface area contributed by atoms with Gasteiger partial charge in [-0.05, 0) is 6.07 Å². The average molecular weight is 212 g/mol. The molecule has 1 atom stereocenters. The Labute approximate surface area is 86.6 Å². The van der Waals surface area contributed by atoms with Crippen molar-refractivity contribution in [1.82, 2.24) is 0 Å². The van der Waals surface area contributed by atoms with Crippen molar-refractivity contribution in [2.75, 3.05) is 6.61 Å². The minimum Gasteiger partial charge on any atom is -0.493 e. The van der Waals surface area contributed by atoms with E-state index in [0.717, 1.165) is 6.07 Å². The van der Waals surface area contributed by atoms with Crippen LogP contribution in [0.2, 0.25) is 0 Å². The predicted octanol–water partition coefficient (Wildman–Crippen LogP) is 1.65. The Morgan fingerprint density at radius 1 is 1.47 bits per heavy atom. The molecule has 0 amide bonds. The fourth-order valence-corrected chi connectivity index (χ4v) is 1.24. The largest absolute Gasteiger partial charge is 0.493 e. The second kappa shape index (κ2) is 3.47. The van der Waals surface area contributed by atoms with Crippen molar-refractivity contribution < 1.29 is 17.9 Å². The van der Waals surface area contributed by atoms with E-state index in [4.69, 9.17) is 12.6 Å². The molecule has 5 heteroatoms. The van der Waals surface area contributed by atoms with Gasteiger partial charge >= 0.3 is 0 Å². The normalized spacial score (nSPS) is 22.5. The van der Waals surface area contributed by atoms with Crippen molar-refractivity contribution in [3.05, 3.63) is 24.0 Å². The van der Waals surface area contributed by atoms with Gasteiger partial charge in [0.2, 0.25) is 0 Å². The van der Waals surface area contributed by atoms with Gasteiger partial charge in [-0.3, -0.25) is 0 Å². The minimum atomic E-state index is -2.60. The Hall–Kier alpha value is -1.13. The van der Waals surface area contributed by atoms with Gasteiger partial charge in [0.1, 0.15) is 19.4 Å². The molecule has 0 aliphatic heterocycles. The van der Waals surface area contributed by atoms with Gasteiger partial charge in [-0.15, -0.1) is 0 Å². The fourth-order valence-electron chi connectivity index (χ4n) is 1.24. The third kappa shape index (κ3) is 2.27. The first-order valence-electron chi connectivity index (χ1n) is 4.55. The number of benzene rings is 1. The number of hydrogen-bond acceptors (Lipinski definition) is 1. The van der Waals surface area contributed by atoms with Crippen molar-refractivity contribution in [3.63, 3.8) is 0 Å². The smallest absolute Gasteiger partial charge is 0.255 e. The Morgan fingerprint density at radius 2 is 2.13 bits per heavy atom. The Balaban J connectivity index is 1.92. The van der Waals surface area contributed by atoms with Crippen LogP contribution in [0.3, 0.4) is 0 Å². The van der Waals surface area contributed by atoms with Crippen LogP contribution >= 0.6 is 0 Å². The molecule has 0 saturated heterocycles. The number of rotatable bonds is 3. The van der Waals surface area contributed by atoms with E-state index in [9.17, 15) is 13.2 Å². The first kappa shape index (κ1) is 10.4. The minimum absolute atomic E-state index is 0.0131. The maximum Gasteiger partial charge on any atom is 0.255 e. The van der Waals surface area contributed by atoms with E-state index in [2.05, 4.69) is 0 Å².